The highest BCUT2D eigenvalue weighted by atomic mass is 16.5. The molecule has 1 aliphatic rings. The van der Waals surface area contributed by atoms with Crippen molar-refractivity contribution in [3.05, 3.63) is 70.5 Å². The van der Waals surface area contributed by atoms with E-state index < -0.39 is 0 Å². The van der Waals surface area contributed by atoms with Crippen LogP contribution in [0.2, 0.25) is 0 Å². The number of rotatable bonds is 6. The van der Waals surface area contributed by atoms with Gasteiger partial charge < -0.3 is 14.5 Å². The minimum Gasteiger partial charge on any atom is -0.497 e. The summed E-state index contributed by atoms with van der Waals surface area (Å²) >= 11 is 0. The molecular weight excluding hydrogens is 328 g/mol. The van der Waals surface area contributed by atoms with Gasteiger partial charge in [-0.25, -0.2) is 0 Å². The molecule has 0 radical (unpaired) electrons. The Hall–Kier alpha value is -2.79. The number of para-hydroxylation sites is 1. The molecule has 134 valence electrons. The molecular formula is C21H22N2O3. The molecule has 1 saturated heterocycles. The fourth-order valence-corrected chi connectivity index (χ4v) is 3.36. The molecule has 0 spiro atoms. The fourth-order valence-electron chi connectivity index (χ4n) is 3.36. The predicted octanol–water partition coefficient (Wildman–Crippen LogP) is 3.05. The van der Waals surface area contributed by atoms with Crippen molar-refractivity contribution in [3.8, 4) is 11.5 Å². The normalized spacial score (nSPS) is 15.0. The van der Waals surface area contributed by atoms with Gasteiger partial charge in [0.05, 0.1) is 13.7 Å². The van der Waals surface area contributed by atoms with Crippen molar-refractivity contribution >= 4 is 10.9 Å². The minimum absolute atomic E-state index is 0.0216. The first-order valence-electron chi connectivity index (χ1n) is 8.81. The van der Waals surface area contributed by atoms with E-state index in [2.05, 4.69) is 9.88 Å². The number of aromatic amines is 1. The number of benzene rings is 2. The highest BCUT2D eigenvalue weighted by Gasteiger charge is 2.27. The van der Waals surface area contributed by atoms with Gasteiger partial charge in [-0.3, -0.25) is 9.69 Å². The van der Waals surface area contributed by atoms with Crippen molar-refractivity contribution < 1.29 is 9.47 Å². The van der Waals surface area contributed by atoms with Gasteiger partial charge in [0.25, 0.3) is 5.56 Å². The summed E-state index contributed by atoms with van der Waals surface area (Å²) in [5.74, 6) is 2.21. The lowest BCUT2D eigenvalue weighted by Gasteiger charge is -2.38. The first-order chi connectivity index (χ1) is 12.7. The molecule has 0 aliphatic carbocycles. The van der Waals surface area contributed by atoms with Gasteiger partial charge in [0.15, 0.2) is 0 Å². The summed E-state index contributed by atoms with van der Waals surface area (Å²) in [5.41, 5.74) is 1.59. The summed E-state index contributed by atoms with van der Waals surface area (Å²) in [7, 11) is 1.64. The van der Waals surface area contributed by atoms with Crippen LogP contribution in [0.1, 0.15) is 5.56 Å². The van der Waals surface area contributed by atoms with Crippen LogP contribution in [0, 0.1) is 5.92 Å². The number of nitrogens with one attached hydrogen (secondary N) is 1. The van der Waals surface area contributed by atoms with Gasteiger partial charge in [0.2, 0.25) is 0 Å². The Kier molecular flexibility index (Phi) is 4.63. The second-order valence-electron chi connectivity index (χ2n) is 6.76. The molecule has 1 N–H and O–H groups in total. The van der Waals surface area contributed by atoms with Crippen LogP contribution in [0.3, 0.4) is 0 Å². The molecule has 0 bridgehead atoms. The second-order valence-corrected chi connectivity index (χ2v) is 6.76. The van der Waals surface area contributed by atoms with Gasteiger partial charge in [-0.1, -0.05) is 18.2 Å². The number of hydrogen-bond acceptors (Lipinski definition) is 4. The van der Waals surface area contributed by atoms with Crippen molar-refractivity contribution in [1.29, 1.82) is 0 Å². The number of hydrogen-bond donors (Lipinski definition) is 1. The zero-order valence-electron chi connectivity index (χ0n) is 14.8. The van der Waals surface area contributed by atoms with Crippen molar-refractivity contribution in [1.82, 2.24) is 9.88 Å². The molecule has 0 atom stereocenters. The Labute approximate surface area is 152 Å². The average molecular weight is 350 g/mol. The molecule has 2 aromatic carbocycles. The van der Waals surface area contributed by atoms with Gasteiger partial charge in [0.1, 0.15) is 11.5 Å². The Morgan fingerprint density at radius 3 is 2.65 bits per heavy atom. The third kappa shape index (κ3) is 3.58. The van der Waals surface area contributed by atoms with Crippen molar-refractivity contribution in [2.75, 3.05) is 26.8 Å². The maximum Gasteiger partial charge on any atom is 0.252 e. The zero-order valence-corrected chi connectivity index (χ0v) is 14.8. The number of ether oxygens (including phenoxy) is 2. The Morgan fingerprint density at radius 2 is 1.88 bits per heavy atom. The lowest BCUT2D eigenvalue weighted by atomic mass is 10.00. The summed E-state index contributed by atoms with van der Waals surface area (Å²) in [4.78, 5) is 17.5. The molecule has 0 amide bonds. The number of methoxy groups -OCH3 is 1. The zero-order chi connectivity index (χ0) is 17.9. The first-order valence-corrected chi connectivity index (χ1v) is 8.81. The van der Waals surface area contributed by atoms with E-state index in [9.17, 15) is 4.79 Å². The molecule has 1 fully saturated rings. The van der Waals surface area contributed by atoms with Gasteiger partial charge in [-0.15, -0.1) is 0 Å². The molecule has 5 heteroatoms. The Morgan fingerprint density at radius 1 is 1.08 bits per heavy atom. The summed E-state index contributed by atoms with van der Waals surface area (Å²) < 4.78 is 11.1. The minimum atomic E-state index is -0.0216. The quantitative estimate of drug-likeness (QED) is 0.742. The van der Waals surface area contributed by atoms with Crippen molar-refractivity contribution in [2.24, 2.45) is 5.92 Å². The van der Waals surface area contributed by atoms with E-state index >= 15 is 0 Å². The number of aromatic nitrogens is 1. The molecule has 1 aromatic heterocycles. The maximum atomic E-state index is 12.3. The largest absolute Gasteiger partial charge is 0.497 e. The average Bonchev–Trinajstić information content (AvgIpc) is 2.64. The summed E-state index contributed by atoms with van der Waals surface area (Å²) in [6.07, 6.45) is 0. The summed E-state index contributed by atoms with van der Waals surface area (Å²) in [6.45, 7) is 3.26. The highest BCUT2D eigenvalue weighted by Crippen LogP contribution is 2.22. The smallest absolute Gasteiger partial charge is 0.252 e. The van der Waals surface area contributed by atoms with Crippen LogP contribution in [-0.2, 0) is 6.54 Å². The van der Waals surface area contributed by atoms with Crippen LogP contribution in [0.15, 0.2) is 59.4 Å². The van der Waals surface area contributed by atoms with Crippen LogP contribution in [0.4, 0.5) is 0 Å². The Balaban J connectivity index is 1.36. The summed E-state index contributed by atoms with van der Waals surface area (Å²) in [5, 5.41) is 0.989. The topological polar surface area (TPSA) is 54.6 Å². The predicted molar refractivity (Wildman–Crippen MR) is 102 cm³/mol. The molecule has 0 unspecified atom stereocenters. The van der Waals surface area contributed by atoms with Crippen LogP contribution in [0.25, 0.3) is 10.9 Å². The Bertz CT molecular complexity index is 946. The number of pyridine rings is 1. The van der Waals surface area contributed by atoms with Crippen LogP contribution < -0.4 is 15.0 Å². The van der Waals surface area contributed by atoms with E-state index in [0.717, 1.165) is 41.1 Å². The van der Waals surface area contributed by atoms with E-state index in [1.54, 1.807) is 7.11 Å². The van der Waals surface area contributed by atoms with E-state index in [1.807, 2.05) is 54.6 Å². The maximum absolute atomic E-state index is 12.3. The monoisotopic (exact) mass is 350 g/mol. The lowest BCUT2D eigenvalue weighted by Crippen LogP contribution is -2.49. The standard InChI is InChI=1S/C21H22N2O3/c1-25-19-7-8-20-16(10-19)9-17(21(24)22-20)13-23-11-15(12-23)14-26-18-5-3-2-4-6-18/h2-10,15H,11-14H2,1H3,(H,22,24). The molecule has 4 rings (SSSR count). The third-order valence-corrected chi connectivity index (χ3v) is 4.78. The van der Waals surface area contributed by atoms with Crippen molar-refractivity contribution in [2.45, 2.75) is 6.54 Å². The van der Waals surface area contributed by atoms with Crippen LogP contribution in [0.5, 0.6) is 11.5 Å². The molecule has 3 aromatic rings. The first kappa shape index (κ1) is 16.7. The number of nitrogens with zero attached hydrogens (tertiary/aromatic N) is 1. The lowest BCUT2D eigenvalue weighted by molar-refractivity contribution is 0.0555. The van der Waals surface area contributed by atoms with Crippen LogP contribution >= 0.6 is 0 Å². The number of likely N-dealkylation sites (tertiary alicyclic amines) is 1. The highest BCUT2D eigenvalue weighted by molar-refractivity contribution is 5.80. The van der Waals surface area contributed by atoms with Gasteiger partial charge in [-0.2, -0.15) is 0 Å². The molecule has 2 heterocycles. The molecule has 26 heavy (non-hydrogen) atoms. The fraction of sp³-hybridized carbons (Fsp3) is 0.286. The van der Waals surface area contributed by atoms with Gasteiger partial charge >= 0.3 is 0 Å². The number of fused-ring (bicyclic) bond motifs is 1. The van der Waals surface area contributed by atoms with E-state index in [0.29, 0.717) is 19.1 Å². The SMILES string of the molecule is COc1ccc2[nH]c(=O)c(CN3CC(COc4ccccc4)C3)cc2c1. The van der Waals surface area contributed by atoms with E-state index in [1.165, 1.54) is 0 Å². The van der Waals surface area contributed by atoms with Crippen molar-refractivity contribution in [3.63, 3.8) is 0 Å². The second kappa shape index (κ2) is 7.22. The van der Waals surface area contributed by atoms with E-state index in [-0.39, 0.29) is 5.56 Å². The molecule has 0 saturated carbocycles. The molecule has 5 nitrogen and oxygen atoms in total. The van der Waals surface area contributed by atoms with Gasteiger partial charge in [0, 0.05) is 42.0 Å². The molecule has 1 aliphatic heterocycles. The van der Waals surface area contributed by atoms with Gasteiger partial charge in [-0.05, 0) is 36.4 Å². The summed E-state index contributed by atoms with van der Waals surface area (Å²) in [6, 6.07) is 17.5. The van der Waals surface area contributed by atoms with E-state index in [4.69, 9.17) is 9.47 Å². The third-order valence-electron chi connectivity index (χ3n) is 4.78. The number of H-pyrrole nitrogens is 1. The van der Waals surface area contributed by atoms with Crippen LogP contribution in [-0.4, -0.2) is 36.7 Å².